The number of thiazole rings is 1. The van der Waals surface area contributed by atoms with Crippen LogP contribution in [0, 0.1) is 10.1 Å². The quantitative estimate of drug-likeness (QED) is 0.230. The standard InChI is InChI=1S/C17H20N4O7S3/c1-4-20(11(2)22)17-19-12(10-30-17)9-28-16(23)8-18-31(26,27)13-5-6-15(29-3)14(7-13)21(24)25/h5-7,10,18H,4,8-9H2,1-3H3. The summed E-state index contributed by atoms with van der Waals surface area (Å²) < 4.78 is 31.8. The van der Waals surface area contributed by atoms with E-state index >= 15 is 0 Å². The molecule has 0 aliphatic heterocycles. The molecule has 1 heterocycles. The van der Waals surface area contributed by atoms with E-state index in [0.29, 0.717) is 22.3 Å². The molecule has 14 heteroatoms. The van der Waals surface area contributed by atoms with Crippen molar-refractivity contribution in [2.24, 2.45) is 0 Å². The minimum atomic E-state index is -4.16. The van der Waals surface area contributed by atoms with Crippen molar-refractivity contribution in [1.82, 2.24) is 9.71 Å². The largest absolute Gasteiger partial charge is 0.458 e. The van der Waals surface area contributed by atoms with E-state index in [1.165, 1.54) is 35.3 Å². The van der Waals surface area contributed by atoms with Crippen molar-refractivity contribution in [3.8, 4) is 0 Å². The Morgan fingerprint density at radius 3 is 2.68 bits per heavy atom. The summed E-state index contributed by atoms with van der Waals surface area (Å²) in [6.45, 7) is 2.81. The van der Waals surface area contributed by atoms with Crippen LogP contribution in [-0.4, -0.2) is 49.5 Å². The summed E-state index contributed by atoms with van der Waals surface area (Å²) in [6.07, 6.45) is 1.63. The highest BCUT2D eigenvalue weighted by atomic mass is 32.2. The summed E-state index contributed by atoms with van der Waals surface area (Å²) in [5.74, 6) is -1.02. The van der Waals surface area contributed by atoms with Crippen molar-refractivity contribution in [2.75, 3.05) is 24.2 Å². The smallest absolute Gasteiger partial charge is 0.321 e. The second-order valence-corrected chi connectivity index (χ2v) is 9.41. The van der Waals surface area contributed by atoms with E-state index in [2.05, 4.69) is 9.71 Å². The molecular formula is C17H20N4O7S3. The number of carbonyl (C=O) groups excluding carboxylic acids is 2. The van der Waals surface area contributed by atoms with Gasteiger partial charge >= 0.3 is 5.97 Å². The van der Waals surface area contributed by atoms with Crippen molar-refractivity contribution >= 4 is 55.8 Å². The zero-order chi connectivity index (χ0) is 23.2. The number of ether oxygens (including phenoxy) is 1. The molecule has 0 bridgehead atoms. The SMILES string of the molecule is CCN(C(C)=O)c1nc(COC(=O)CNS(=O)(=O)c2ccc(SC)c([N+](=O)[O-])c2)cs1. The minimum absolute atomic E-state index is 0.166. The van der Waals surface area contributed by atoms with E-state index in [4.69, 9.17) is 4.74 Å². The first-order chi connectivity index (χ1) is 14.6. The van der Waals surface area contributed by atoms with Gasteiger partial charge in [0.05, 0.1) is 20.4 Å². The lowest BCUT2D eigenvalue weighted by molar-refractivity contribution is -0.388. The van der Waals surface area contributed by atoms with Gasteiger partial charge in [-0.1, -0.05) is 0 Å². The van der Waals surface area contributed by atoms with Gasteiger partial charge in [-0.25, -0.2) is 13.4 Å². The Labute approximate surface area is 187 Å². The van der Waals surface area contributed by atoms with Crippen molar-refractivity contribution < 1.29 is 27.7 Å². The van der Waals surface area contributed by atoms with Gasteiger partial charge in [0.25, 0.3) is 5.69 Å². The third-order valence-corrected chi connectivity index (χ3v) is 7.01. The van der Waals surface area contributed by atoms with Crippen LogP contribution < -0.4 is 9.62 Å². The molecule has 0 atom stereocenters. The molecule has 31 heavy (non-hydrogen) atoms. The average Bonchev–Trinajstić information content (AvgIpc) is 3.19. The van der Waals surface area contributed by atoms with E-state index in [1.807, 2.05) is 0 Å². The molecule has 0 aliphatic rings. The summed E-state index contributed by atoms with van der Waals surface area (Å²) in [5, 5.41) is 13.2. The number of benzene rings is 1. The van der Waals surface area contributed by atoms with E-state index < -0.39 is 27.5 Å². The predicted octanol–water partition coefficient (Wildman–Crippen LogP) is 2.17. The normalized spacial score (nSPS) is 11.2. The number of nitro benzene ring substituents is 1. The molecule has 0 radical (unpaired) electrons. The van der Waals surface area contributed by atoms with Gasteiger partial charge in [0.2, 0.25) is 15.9 Å². The monoisotopic (exact) mass is 488 g/mol. The van der Waals surface area contributed by atoms with Crippen LogP contribution in [0.4, 0.5) is 10.8 Å². The van der Waals surface area contributed by atoms with Crippen LogP contribution in [-0.2, 0) is 31.0 Å². The van der Waals surface area contributed by atoms with E-state index in [9.17, 15) is 28.1 Å². The summed E-state index contributed by atoms with van der Waals surface area (Å²) >= 11 is 2.33. The molecule has 0 saturated heterocycles. The first-order valence-electron chi connectivity index (χ1n) is 8.79. The van der Waals surface area contributed by atoms with E-state index in [-0.39, 0.29) is 23.1 Å². The van der Waals surface area contributed by atoms with Crippen LogP contribution in [0.25, 0.3) is 0 Å². The van der Waals surface area contributed by atoms with Crippen LogP contribution >= 0.6 is 23.1 Å². The molecular weight excluding hydrogens is 468 g/mol. The fraction of sp³-hybridized carbons (Fsp3) is 0.353. The highest BCUT2D eigenvalue weighted by molar-refractivity contribution is 7.98. The summed E-state index contributed by atoms with van der Waals surface area (Å²) in [5.41, 5.74) is 0.0724. The summed E-state index contributed by atoms with van der Waals surface area (Å²) in [4.78, 5) is 39.6. The second-order valence-electron chi connectivity index (χ2n) is 5.96. The van der Waals surface area contributed by atoms with E-state index in [0.717, 1.165) is 17.8 Å². The number of nitrogens with one attached hydrogen (secondary N) is 1. The number of hydrogen-bond acceptors (Lipinski definition) is 10. The third kappa shape index (κ3) is 6.46. The second kappa shape index (κ2) is 10.7. The Balaban J connectivity index is 1.97. The Kier molecular flexibility index (Phi) is 8.50. The maximum atomic E-state index is 12.4. The number of sulfonamides is 1. The highest BCUT2D eigenvalue weighted by Crippen LogP contribution is 2.29. The summed E-state index contributed by atoms with van der Waals surface area (Å²) in [7, 11) is -4.16. The molecule has 168 valence electrons. The zero-order valence-corrected chi connectivity index (χ0v) is 19.3. The Morgan fingerprint density at radius 1 is 1.39 bits per heavy atom. The van der Waals surface area contributed by atoms with Gasteiger partial charge < -0.3 is 4.74 Å². The zero-order valence-electron chi connectivity index (χ0n) is 16.9. The van der Waals surface area contributed by atoms with Crippen LogP contribution in [0.3, 0.4) is 0 Å². The number of anilines is 1. The number of hydrogen-bond donors (Lipinski definition) is 1. The van der Waals surface area contributed by atoms with Gasteiger partial charge in [0, 0.05) is 24.9 Å². The Hall–Kier alpha value is -2.55. The lowest BCUT2D eigenvalue weighted by atomic mass is 10.3. The molecule has 2 rings (SSSR count). The molecule has 11 nitrogen and oxygen atoms in total. The van der Waals surface area contributed by atoms with Crippen LogP contribution in [0.2, 0.25) is 0 Å². The predicted molar refractivity (Wildman–Crippen MR) is 116 cm³/mol. The van der Waals surface area contributed by atoms with Crippen molar-refractivity contribution in [3.05, 3.63) is 39.4 Å². The number of rotatable bonds is 10. The first-order valence-corrected chi connectivity index (χ1v) is 12.4. The minimum Gasteiger partial charge on any atom is -0.458 e. The number of aromatic nitrogens is 1. The molecule has 1 N–H and O–H groups in total. The lowest BCUT2D eigenvalue weighted by Crippen LogP contribution is -2.30. The number of amides is 1. The van der Waals surface area contributed by atoms with Crippen molar-refractivity contribution in [2.45, 2.75) is 30.2 Å². The van der Waals surface area contributed by atoms with E-state index in [1.54, 1.807) is 18.6 Å². The van der Waals surface area contributed by atoms with Crippen LogP contribution in [0.15, 0.2) is 33.4 Å². The number of carbonyl (C=O) groups is 2. The Bertz CT molecular complexity index is 1090. The van der Waals surface area contributed by atoms with Gasteiger partial charge in [-0.05, 0) is 25.3 Å². The van der Waals surface area contributed by atoms with Gasteiger partial charge in [-0.15, -0.1) is 23.1 Å². The fourth-order valence-electron chi connectivity index (χ4n) is 2.40. The number of esters is 1. The van der Waals surface area contributed by atoms with Gasteiger partial charge in [0.15, 0.2) is 5.13 Å². The molecule has 0 aliphatic carbocycles. The number of thioether (sulfide) groups is 1. The lowest BCUT2D eigenvalue weighted by Gasteiger charge is -2.14. The molecule has 0 unspecified atom stereocenters. The van der Waals surface area contributed by atoms with Crippen LogP contribution in [0.1, 0.15) is 19.5 Å². The fourth-order valence-corrected chi connectivity index (χ4v) is 4.85. The molecule has 0 spiro atoms. The topological polar surface area (TPSA) is 149 Å². The van der Waals surface area contributed by atoms with Gasteiger partial charge in [-0.2, -0.15) is 4.72 Å². The molecule has 2 aromatic rings. The number of nitro groups is 1. The molecule has 1 aromatic carbocycles. The molecule has 1 amide bonds. The maximum Gasteiger partial charge on any atom is 0.321 e. The van der Waals surface area contributed by atoms with Crippen molar-refractivity contribution in [3.63, 3.8) is 0 Å². The molecule has 0 fully saturated rings. The van der Waals surface area contributed by atoms with Crippen molar-refractivity contribution in [1.29, 1.82) is 0 Å². The first kappa shape index (κ1) is 24.7. The molecule has 1 aromatic heterocycles. The maximum absolute atomic E-state index is 12.4. The third-order valence-electron chi connectivity index (χ3n) is 3.91. The number of nitrogens with zero attached hydrogens (tertiary/aromatic N) is 3. The summed E-state index contributed by atoms with van der Waals surface area (Å²) in [6, 6.07) is 3.48. The van der Waals surface area contributed by atoms with Crippen LogP contribution in [0.5, 0.6) is 0 Å². The van der Waals surface area contributed by atoms with Gasteiger partial charge in [-0.3, -0.25) is 24.6 Å². The Morgan fingerprint density at radius 2 is 2.10 bits per heavy atom. The van der Waals surface area contributed by atoms with Gasteiger partial charge in [0.1, 0.15) is 13.2 Å². The average molecular weight is 489 g/mol. The molecule has 0 saturated carbocycles. The highest BCUT2D eigenvalue weighted by Gasteiger charge is 2.22.